The molecular formula is C10H9Br. The molecule has 0 bridgehead atoms. The van der Waals surface area contributed by atoms with Crippen molar-refractivity contribution in [1.82, 2.24) is 0 Å². The molecule has 0 saturated carbocycles. The molecule has 2 rings (SSSR count). The highest BCUT2D eigenvalue weighted by atomic mass is 79.9. The van der Waals surface area contributed by atoms with E-state index in [1.54, 1.807) is 0 Å². The molecule has 0 spiro atoms. The van der Waals surface area contributed by atoms with Crippen molar-refractivity contribution < 1.29 is 0 Å². The van der Waals surface area contributed by atoms with Crippen LogP contribution in [-0.2, 0) is 12.8 Å². The Morgan fingerprint density at radius 2 is 1.91 bits per heavy atom. The smallest absolute Gasteiger partial charge is 0.0178 e. The fourth-order valence-electron chi connectivity index (χ4n) is 1.53. The fourth-order valence-corrected chi connectivity index (χ4v) is 1.94. The summed E-state index contributed by atoms with van der Waals surface area (Å²) in [6.07, 6.45) is 2.14. The minimum absolute atomic E-state index is 1.06. The summed E-state index contributed by atoms with van der Waals surface area (Å²) in [7, 11) is 0. The van der Waals surface area contributed by atoms with Gasteiger partial charge in [0.1, 0.15) is 0 Å². The summed E-state index contributed by atoms with van der Waals surface area (Å²) in [4.78, 5) is 0. The standard InChI is InChI=1S/C10H9Br/c1-7-4-8-2-3-10(11)6-9(8)5-7/h2-3,6H,1,4-5H2. The predicted octanol–water partition coefficient (Wildman–Crippen LogP) is 3.10. The molecule has 1 aliphatic carbocycles. The maximum absolute atomic E-state index is 3.98. The lowest BCUT2D eigenvalue weighted by atomic mass is 10.1. The van der Waals surface area contributed by atoms with E-state index in [4.69, 9.17) is 0 Å². The van der Waals surface area contributed by atoms with Gasteiger partial charge in [-0.05, 0) is 36.1 Å². The molecule has 0 fully saturated rings. The third-order valence-corrected chi connectivity index (χ3v) is 2.54. The van der Waals surface area contributed by atoms with Crippen molar-refractivity contribution in [2.24, 2.45) is 0 Å². The Balaban J connectivity index is 2.51. The SMILES string of the molecule is C=C1Cc2ccc(Br)cc2C1. The molecule has 11 heavy (non-hydrogen) atoms. The summed E-state index contributed by atoms with van der Waals surface area (Å²) in [5.74, 6) is 0. The topological polar surface area (TPSA) is 0 Å². The number of fused-ring (bicyclic) bond motifs is 1. The average Bonchev–Trinajstić information content (AvgIpc) is 2.27. The second-order valence-corrected chi connectivity index (χ2v) is 3.93. The zero-order valence-corrected chi connectivity index (χ0v) is 7.82. The molecular weight excluding hydrogens is 200 g/mol. The Kier molecular flexibility index (Phi) is 1.61. The quantitative estimate of drug-likeness (QED) is 0.576. The number of allylic oxidation sites excluding steroid dienone is 1. The van der Waals surface area contributed by atoms with Crippen molar-refractivity contribution in [2.45, 2.75) is 12.8 Å². The average molecular weight is 209 g/mol. The van der Waals surface area contributed by atoms with Gasteiger partial charge in [0.15, 0.2) is 0 Å². The van der Waals surface area contributed by atoms with Crippen LogP contribution in [0.25, 0.3) is 0 Å². The lowest BCUT2D eigenvalue weighted by Gasteiger charge is -1.96. The fraction of sp³-hybridized carbons (Fsp3) is 0.200. The summed E-state index contributed by atoms with van der Waals surface area (Å²) in [5.41, 5.74) is 4.21. The minimum atomic E-state index is 1.06. The number of benzene rings is 1. The van der Waals surface area contributed by atoms with Gasteiger partial charge < -0.3 is 0 Å². The third-order valence-electron chi connectivity index (χ3n) is 2.05. The summed E-state index contributed by atoms with van der Waals surface area (Å²) < 4.78 is 1.17. The first kappa shape index (κ1) is 7.11. The highest BCUT2D eigenvalue weighted by molar-refractivity contribution is 9.10. The molecule has 0 aromatic heterocycles. The van der Waals surface area contributed by atoms with Gasteiger partial charge >= 0.3 is 0 Å². The predicted molar refractivity (Wildman–Crippen MR) is 50.7 cm³/mol. The monoisotopic (exact) mass is 208 g/mol. The van der Waals surface area contributed by atoms with E-state index in [-0.39, 0.29) is 0 Å². The summed E-state index contributed by atoms with van der Waals surface area (Å²) >= 11 is 3.46. The molecule has 0 radical (unpaired) electrons. The summed E-state index contributed by atoms with van der Waals surface area (Å²) in [6.45, 7) is 3.98. The molecule has 0 heterocycles. The number of rotatable bonds is 0. The first-order valence-corrected chi connectivity index (χ1v) is 4.49. The van der Waals surface area contributed by atoms with E-state index in [0.717, 1.165) is 12.8 Å². The maximum Gasteiger partial charge on any atom is 0.0178 e. The molecule has 1 aromatic rings. The van der Waals surface area contributed by atoms with Crippen molar-refractivity contribution in [3.8, 4) is 0 Å². The molecule has 0 amide bonds. The maximum atomic E-state index is 3.98. The van der Waals surface area contributed by atoms with Crippen molar-refractivity contribution in [1.29, 1.82) is 0 Å². The van der Waals surface area contributed by atoms with Gasteiger partial charge in [0.05, 0.1) is 0 Å². The molecule has 0 saturated heterocycles. The van der Waals surface area contributed by atoms with Crippen molar-refractivity contribution in [3.63, 3.8) is 0 Å². The number of hydrogen-bond acceptors (Lipinski definition) is 0. The van der Waals surface area contributed by atoms with Gasteiger partial charge in [-0.2, -0.15) is 0 Å². The molecule has 56 valence electrons. The minimum Gasteiger partial charge on any atom is -0.0992 e. The largest absolute Gasteiger partial charge is 0.0992 e. The van der Waals surface area contributed by atoms with Crippen LogP contribution in [0.4, 0.5) is 0 Å². The molecule has 0 atom stereocenters. The highest BCUT2D eigenvalue weighted by Crippen LogP contribution is 2.27. The lowest BCUT2D eigenvalue weighted by Crippen LogP contribution is -1.79. The van der Waals surface area contributed by atoms with Crippen LogP contribution in [0.5, 0.6) is 0 Å². The van der Waals surface area contributed by atoms with Crippen molar-refractivity contribution in [3.05, 3.63) is 46.0 Å². The van der Waals surface area contributed by atoms with E-state index in [1.807, 2.05) is 0 Å². The Morgan fingerprint density at radius 3 is 2.73 bits per heavy atom. The Hall–Kier alpha value is -0.560. The van der Waals surface area contributed by atoms with E-state index >= 15 is 0 Å². The van der Waals surface area contributed by atoms with Crippen LogP contribution in [0.15, 0.2) is 34.8 Å². The summed E-state index contributed by atoms with van der Waals surface area (Å²) in [5, 5.41) is 0. The first-order chi connectivity index (χ1) is 5.25. The van der Waals surface area contributed by atoms with Crippen LogP contribution in [0.2, 0.25) is 0 Å². The molecule has 1 aromatic carbocycles. The van der Waals surface area contributed by atoms with Crippen LogP contribution < -0.4 is 0 Å². The molecule has 0 unspecified atom stereocenters. The van der Waals surface area contributed by atoms with Gasteiger partial charge in [-0.25, -0.2) is 0 Å². The molecule has 0 N–H and O–H groups in total. The molecule has 1 aliphatic rings. The highest BCUT2D eigenvalue weighted by Gasteiger charge is 2.12. The Morgan fingerprint density at radius 1 is 1.18 bits per heavy atom. The van der Waals surface area contributed by atoms with Gasteiger partial charge in [-0.15, -0.1) is 0 Å². The number of halogens is 1. The zero-order valence-electron chi connectivity index (χ0n) is 6.23. The van der Waals surface area contributed by atoms with Gasteiger partial charge in [0.25, 0.3) is 0 Å². The second-order valence-electron chi connectivity index (χ2n) is 3.02. The zero-order chi connectivity index (χ0) is 7.84. The van der Waals surface area contributed by atoms with Gasteiger partial charge in [-0.3, -0.25) is 0 Å². The van der Waals surface area contributed by atoms with E-state index in [9.17, 15) is 0 Å². The molecule has 0 nitrogen and oxygen atoms in total. The van der Waals surface area contributed by atoms with Crippen LogP contribution in [0.3, 0.4) is 0 Å². The third kappa shape index (κ3) is 1.25. The van der Waals surface area contributed by atoms with E-state index < -0.39 is 0 Å². The van der Waals surface area contributed by atoms with E-state index in [1.165, 1.54) is 21.2 Å². The van der Waals surface area contributed by atoms with E-state index in [2.05, 4.69) is 40.7 Å². The molecule has 0 aliphatic heterocycles. The number of hydrogen-bond donors (Lipinski definition) is 0. The second kappa shape index (κ2) is 2.49. The normalized spacial score (nSPS) is 15.2. The van der Waals surface area contributed by atoms with Crippen LogP contribution in [-0.4, -0.2) is 0 Å². The summed E-state index contributed by atoms with van der Waals surface area (Å²) in [6, 6.07) is 6.46. The van der Waals surface area contributed by atoms with Gasteiger partial charge in [-0.1, -0.05) is 34.1 Å². The molecule has 1 heteroatoms. The lowest BCUT2D eigenvalue weighted by molar-refractivity contribution is 1.19. The Labute approximate surface area is 75.1 Å². The van der Waals surface area contributed by atoms with Gasteiger partial charge in [0, 0.05) is 4.47 Å². The first-order valence-electron chi connectivity index (χ1n) is 3.69. The van der Waals surface area contributed by atoms with Crippen molar-refractivity contribution >= 4 is 15.9 Å². The van der Waals surface area contributed by atoms with Gasteiger partial charge in [0.2, 0.25) is 0 Å². The van der Waals surface area contributed by atoms with Crippen LogP contribution in [0.1, 0.15) is 11.1 Å². The van der Waals surface area contributed by atoms with Crippen molar-refractivity contribution in [2.75, 3.05) is 0 Å². The van der Waals surface area contributed by atoms with Crippen LogP contribution in [0, 0.1) is 0 Å². The Bertz CT molecular complexity index is 313. The van der Waals surface area contributed by atoms with E-state index in [0.29, 0.717) is 0 Å². The van der Waals surface area contributed by atoms with Crippen LogP contribution >= 0.6 is 15.9 Å².